The minimum Gasteiger partial charge on any atom is -0.481 e. The van der Waals surface area contributed by atoms with Gasteiger partial charge in [-0.1, -0.05) is 20.8 Å². The van der Waals surface area contributed by atoms with Crippen molar-refractivity contribution in [1.29, 1.82) is 0 Å². The molecule has 116 valence electrons. The first-order chi connectivity index (χ1) is 9.59. The van der Waals surface area contributed by atoms with Crippen molar-refractivity contribution in [2.75, 3.05) is 0 Å². The minimum atomic E-state index is -1.03. The molecule has 1 atom stereocenters. The summed E-state index contributed by atoms with van der Waals surface area (Å²) in [7, 11) is 0. The molecule has 0 spiro atoms. The summed E-state index contributed by atoms with van der Waals surface area (Å²) < 4.78 is 0.873. The van der Waals surface area contributed by atoms with Crippen LogP contribution in [0.15, 0.2) is 21.7 Å². The smallest absolute Gasteiger partial charge is 0.305 e. The van der Waals surface area contributed by atoms with E-state index in [1.807, 2.05) is 0 Å². The predicted octanol–water partition coefficient (Wildman–Crippen LogP) is -0.458. The number of aromatic nitrogens is 2. The third kappa shape index (κ3) is 5.25. The summed E-state index contributed by atoms with van der Waals surface area (Å²) in [5.41, 5.74) is -1.47. The van der Waals surface area contributed by atoms with Gasteiger partial charge in [0.05, 0.1) is 6.42 Å². The third-order valence-corrected chi connectivity index (χ3v) is 2.95. The van der Waals surface area contributed by atoms with Crippen molar-refractivity contribution < 1.29 is 14.7 Å². The number of amides is 1. The minimum absolute atomic E-state index is 0.227. The first kappa shape index (κ1) is 16.7. The van der Waals surface area contributed by atoms with Crippen LogP contribution < -0.4 is 16.4 Å². The second kappa shape index (κ2) is 6.38. The molecular weight excluding hydrogens is 278 g/mol. The van der Waals surface area contributed by atoms with Gasteiger partial charge in [0, 0.05) is 18.2 Å². The van der Waals surface area contributed by atoms with E-state index in [-0.39, 0.29) is 13.0 Å². The first-order valence-electron chi connectivity index (χ1n) is 6.41. The third-order valence-electron chi connectivity index (χ3n) is 2.95. The summed E-state index contributed by atoms with van der Waals surface area (Å²) in [6.07, 6.45) is -0.227. The molecule has 0 saturated heterocycles. The van der Waals surface area contributed by atoms with E-state index >= 15 is 0 Å². The topological polar surface area (TPSA) is 121 Å². The van der Waals surface area contributed by atoms with Crippen LogP contribution in [0.2, 0.25) is 0 Å². The molecule has 8 nitrogen and oxygen atoms in total. The average Bonchev–Trinajstić information content (AvgIpc) is 2.31. The molecule has 0 aliphatic carbocycles. The summed E-state index contributed by atoms with van der Waals surface area (Å²) in [5.74, 6) is -1.57. The lowest BCUT2D eigenvalue weighted by Crippen LogP contribution is -2.47. The molecule has 0 aromatic carbocycles. The lowest BCUT2D eigenvalue weighted by Gasteiger charge is -2.30. The number of aromatic amines is 1. The van der Waals surface area contributed by atoms with E-state index in [1.165, 1.54) is 0 Å². The van der Waals surface area contributed by atoms with Crippen LogP contribution in [0.4, 0.5) is 0 Å². The van der Waals surface area contributed by atoms with E-state index in [1.54, 1.807) is 20.8 Å². The molecule has 1 aromatic heterocycles. The van der Waals surface area contributed by atoms with Crippen LogP contribution in [-0.2, 0) is 16.1 Å². The maximum Gasteiger partial charge on any atom is 0.305 e. The molecule has 1 heterocycles. The van der Waals surface area contributed by atoms with Crippen molar-refractivity contribution >= 4 is 11.9 Å². The molecule has 1 rings (SSSR count). The molecule has 0 fully saturated rings. The fraction of sp³-hybridized carbons (Fsp3) is 0.538. The monoisotopic (exact) mass is 297 g/mol. The van der Waals surface area contributed by atoms with E-state index in [2.05, 4.69) is 10.4 Å². The number of nitrogens with one attached hydrogen (secondary N) is 2. The maximum atomic E-state index is 11.9. The van der Waals surface area contributed by atoms with Crippen LogP contribution in [0, 0.1) is 5.41 Å². The van der Waals surface area contributed by atoms with Gasteiger partial charge < -0.3 is 10.4 Å². The van der Waals surface area contributed by atoms with Gasteiger partial charge in [-0.2, -0.15) is 0 Å². The normalized spacial score (nSPS) is 12.7. The number of carboxylic acid groups (broad SMARTS) is 1. The number of nitrogens with zero attached hydrogens (tertiary/aromatic N) is 1. The number of carbonyl (C=O) groups is 2. The summed E-state index contributed by atoms with van der Waals surface area (Å²) in [4.78, 5) is 45.4. The van der Waals surface area contributed by atoms with Gasteiger partial charge in [-0.3, -0.25) is 24.3 Å². The number of hydrogen-bond donors (Lipinski definition) is 3. The van der Waals surface area contributed by atoms with Gasteiger partial charge in [0.15, 0.2) is 0 Å². The fourth-order valence-corrected chi connectivity index (χ4v) is 1.71. The van der Waals surface area contributed by atoms with Gasteiger partial charge in [0.2, 0.25) is 5.91 Å². The Kier molecular flexibility index (Phi) is 5.07. The maximum absolute atomic E-state index is 11.9. The summed E-state index contributed by atoms with van der Waals surface area (Å²) in [6, 6.07) is 1.54. The van der Waals surface area contributed by atoms with Gasteiger partial charge in [0.1, 0.15) is 6.54 Å². The summed E-state index contributed by atoms with van der Waals surface area (Å²) in [5, 5.41) is 13.7. The molecule has 3 N–H and O–H groups in total. The summed E-state index contributed by atoms with van der Waals surface area (Å²) in [6.45, 7) is 5.04. The van der Waals surface area contributed by atoms with Crippen LogP contribution in [-0.4, -0.2) is 32.8 Å². The quantitative estimate of drug-likeness (QED) is 0.679. The van der Waals surface area contributed by atoms with E-state index < -0.39 is 34.5 Å². The Bertz CT molecular complexity index is 638. The van der Waals surface area contributed by atoms with Crippen molar-refractivity contribution in [2.45, 2.75) is 39.8 Å². The van der Waals surface area contributed by atoms with E-state index in [0.29, 0.717) is 0 Å². The number of rotatable bonds is 5. The highest BCUT2D eigenvalue weighted by Crippen LogP contribution is 2.21. The van der Waals surface area contributed by atoms with Crippen LogP contribution in [0.25, 0.3) is 0 Å². The first-order valence-corrected chi connectivity index (χ1v) is 6.41. The Hall–Kier alpha value is -2.38. The molecule has 0 aliphatic rings. The Morgan fingerprint density at radius 2 is 1.95 bits per heavy atom. The molecule has 8 heteroatoms. The average molecular weight is 297 g/mol. The van der Waals surface area contributed by atoms with Gasteiger partial charge in [-0.05, 0) is 5.41 Å². The number of aliphatic carboxylic acids is 1. The number of carbonyl (C=O) groups excluding carboxylic acids is 1. The van der Waals surface area contributed by atoms with Gasteiger partial charge in [-0.25, -0.2) is 4.68 Å². The molecule has 0 radical (unpaired) electrons. The van der Waals surface area contributed by atoms with Crippen molar-refractivity contribution in [3.05, 3.63) is 32.8 Å². The lowest BCUT2D eigenvalue weighted by atomic mass is 9.84. The zero-order valence-corrected chi connectivity index (χ0v) is 12.2. The molecule has 1 amide bonds. The number of carboxylic acids is 1. The highest BCUT2D eigenvalue weighted by Gasteiger charge is 2.28. The van der Waals surface area contributed by atoms with Crippen molar-refractivity contribution in [3.8, 4) is 0 Å². The Labute approximate surface area is 120 Å². The largest absolute Gasteiger partial charge is 0.481 e. The highest BCUT2D eigenvalue weighted by atomic mass is 16.4. The van der Waals surface area contributed by atoms with Crippen molar-refractivity contribution in [3.63, 3.8) is 0 Å². The fourth-order valence-electron chi connectivity index (χ4n) is 1.71. The zero-order chi connectivity index (χ0) is 16.2. The van der Waals surface area contributed by atoms with E-state index in [0.717, 1.165) is 16.8 Å². The second-order valence-electron chi connectivity index (χ2n) is 5.82. The molecule has 21 heavy (non-hydrogen) atoms. The molecular formula is C13H19N3O5. The van der Waals surface area contributed by atoms with Gasteiger partial charge >= 0.3 is 5.97 Å². The van der Waals surface area contributed by atoms with Crippen LogP contribution in [0.1, 0.15) is 27.2 Å². The summed E-state index contributed by atoms with van der Waals surface area (Å²) >= 11 is 0. The van der Waals surface area contributed by atoms with E-state index in [9.17, 15) is 19.2 Å². The van der Waals surface area contributed by atoms with Crippen LogP contribution in [0.5, 0.6) is 0 Å². The standard InChI is InChI=1S/C13H19N3O5/c1-13(2,3)8(6-12(20)21)14-10(18)7-16-11(19)5-4-9(17)15-16/h4-5,8H,6-7H2,1-3H3,(H,14,18)(H,15,17)(H,20,21). The zero-order valence-electron chi connectivity index (χ0n) is 12.2. The molecule has 0 aliphatic heterocycles. The highest BCUT2D eigenvalue weighted by molar-refractivity contribution is 5.77. The molecule has 1 aromatic rings. The number of H-pyrrole nitrogens is 1. The van der Waals surface area contributed by atoms with Crippen LogP contribution >= 0.6 is 0 Å². The van der Waals surface area contributed by atoms with E-state index in [4.69, 9.17) is 5.11 Å². The second-order valence-corrected chi connectivity index (χ2v) is 5.82. The Balaban J connectivity index is 2.83. The van der Waals surface area contributed by atoms with Crippen LogP contribution in [0.3, 0.4) is 0 Å². The molecule has 0 saturated carbocycles. The predicted molar refractivity (Wildman–Crippen MR) is 75.0 cm³/mol. The molecule has 1 unspecified atom stereocenters. The van der Waals surface area contributed by atoms with Gasteiger partial charge in [-0.15, -0.1) is 0 Å². The Morgan fingerprint density at radius 1 is 1.33 bits per heavy atom. The lowest BCUT2D eigenvalue weighted by molar-refractivity contribution is -0.138. The SMILES string of the molecule is CC(C)(C)C(CC(=O)O)NC(=O)Cn1[nH]c(=O)ccc1=O. The number of hydrogen-bond acceptors (Lipinski definition) is 4. The van der Waals surface area contributed by atoms with Crippen molar-refractivity contribution in [2.24, 2.45) is 5.41 Å². The molecule has 0 bridgehead atoms. The Morgan fingerprint density at radius 3 is 2.48 bits per heavy atom. The van der Waals surface area contributed by atoms with Crippen molar-refractivity contribution in [1.82, 2.24) is 15.1 Å². The van der Waals surface area contributed by atoms with Gasteiger partial charge in [0.25, 0.3) is 11.1 Å².